The van der Waals surface area contributed by atoms with Gasteiger partial charge in [-0.25, -0.2) is 0 Å². The number of unbranched alkanes of at least 4 members (excludes halogenated alkanes) is 1. The summed E-state index contributed by atoms with van der Waals surface area (Å²) in [6.07, 6.45) is 5.44. The Balaban J connectivity index is 0. The van der Waals surface area contributed by atoms with Crippen molar-refractivity contribution >= 4 is 0 Å². The van der Waals surface area contributed by atoms with E-state index < -0.39 is 0 Å². The third kappa shape index (κ3) is 25.4. The van der Waals surface area contributed by atoms with E-state index in [1.807, 2.05) is 26.0 Å². The molecule has 10 heavy (non-hydrogen) atoms. The summed E-state index contributed by atoms with van der Waals surface area (Å²) in [5, 5.41) is 16.2. The van der Waals surface area contributed by atoms with Gasteiger partial charge in [0.1, 0.15) is 0 Å². The summed E-state index contributed by atoms with van der Waals surface area (Å²) in [7, 11) is 0. The Morgan fingerprint density at radius 3 is 1.30 bits per heavy atom. The SMILES string of the molecule is CC=CC.OCCCCO. The third-order valence-corrected chi connectivity index (χ3v) is 0.900. The van der Waals surface area contributed by atoms with Crippen LogP contribution in [0.15, 0.2) is 12.2 Å². The first-order chi connectivity index (χ1) is 4.83. The van der Waals surface area contributed by atoms with Gasteiger partial charge in [-0.2, -0.15) is 0 Å². The Kier molecular flexibility index (Phi) is 19.6. The summed E-state index contributed by atoms with van der Waals surface area (Å²) in [5.41, 5.74) is 0. The Morgan fingerprint density at radius 2 is 1.20 bits per heavy atom. The third-order valence-electron chi connectivity index (χ3n) is 0.900. The van der Waals surface area contributed by atoms with Gasteiger partial charge in [0.05, 0.1) is 0 Å². The van der Waals surface area contributed by atoms with Crippen LogP contribution in [0.3, 0.4) is 0 Å². The van der Waals surface area contributed by atoms with Crippen LogP contribution in [0.5, 0.6) is 0 Å². The zero-order valence-corrected chi connectivity index (χ0v) is 6.88. The number of hydrogen-bond donors (Lipinski definition) is 2. The van der Waals surface area contributed by atoms with Crippen molar-refractivity contribution in [2.45, 2.75) is 26.7 Å². The molecule has 0 aromatic rings. The van der Waals surface area contributed by atoms with E-state index >= 15 is 0 Å². The Bertz CT molecular complexity index is 52.3. The Morgan fingerprint density at radius 1 is 0.900 bits per heavy atom. The van der Waals surface area contributed by atoms with Gasteiger partial charge in [0.25, 0.3) is 0 Å². The van der Waals surface area contributed by atoms with Crippen LogP contribution in [0.1, 0.15) is 26.7 Å². The lowest BCUT2D eigenvalue weighted by atomic mass is 10.3. The molecule has 0 aromatic carbocycles. The van der Waals surface area contributed by atoms with Crippen LogP contribution in [0.2, 0.25) is 0 Å². The van der Waals surface area contributed by atoms with E-state index in [4.69, 9.17) is 10.2 Å². The number of aliphatic hydroxyl groups excluding tert-OH is 2. The molecule has 2 nitrogen and oxygen atoms in total. The zero-order chi connectivity index (χ0) is 8.24. The van der Waals surface area contributed by atoms with Crippen molar-refractivity contribution in [1.29, 1.82) is 0 Å². The van der Waals surface area contributed by atoms with Crippen LogP contribution in [-0.2, 0) is 0 Å². The average molecular weight is 146 g/mol. The molecule has 2 N–H and O–H groups in total. The molecule has 0 saturated heterocycles. The number of rotatable bonds is 3. The monoisotopic (exact) mass is 146 g/mol. The number of aliphatic hydroxyl groups is 2. The van der Waals surface area contributed by atoms with Crippen LogP contribution in [0.4, 0.5) is 0 Å². The van der Waals surface area contributed by atoms with E-state index in [1.54, 1.807) is 0 Å². The molecule has 2 heteroatoms. The lowest BCUT2D eigenvalue weighted by molar-refractivity contribution is 0.242. The minimum Gasteiger partial charge on any atom is -0.396 e. The Labute approximate surface area is 63.2 Å². The van der Waals surface area contributed by atoms with Gasteiger partial charge in [-0.1, -0.05) is 12.2 Å². The van der Waals surface area contributed by atoms with Gasteiger partial charge in [0.2, 0.25) is 0 Å². The molecule has 0 rings (SSSR count). The van der Waals surface area contributed by atoms with Crippen LogP contribution in [-0.4, -0.2) is 23.4 Å². The maximum absolute atomic E-state index is 8.09. The van der Waals surface area contributed by atoms with Crippen LogP contribution in [0.25, 0.3) is 0 Å². The molecule has 0 unspecified atom stereocenters. The van der Waals surface area contributed by atoms with E-state index in [-0.39, 0.29) is 13.2 Å². The molecule has 0 aliphatic rings. The fourth-order valence-electron chi connectivity index (χ4n) is 0.224. The van der Waals surface area contributed by atoms with Crippen molar-refractivity contribution in [3.05, 3.63) is 12.2 Å². The quantitative estimate of drug-likeness (QED) is 0.466. The van der Waals surface area contributed by atoms with Gasteiger partial charge in [0.15, 0.2) is 0 Å². The van der Waals surface area contributed by atoms with Crippen molar-refractivity contribution < 1.29 is 10.2 Å². The molecular weight excluding hydrogens is 128 g/mol. The van der Waals surface area contributed by atoms with E-state index in [0.717, 1.165) is 12.8 Å². The van der Waals surface area contributed by atoms with Gasteiger partial charge in [-0.15, -0.1) is 0 Å². The fraction of sp³-hybridized carbons (Fsp3) is 0.750. The van der Waals surface area contributed by atoms with Crippen molar-refractivity contribution in [3.63, 3.8) is 0 Å². The molecule has 0 amide bonds. The second-order valence-corrected chi connectivity index (χ2v) is 1.82. The second-order valence-electron chi connectivity index (χ2n) is 1.82. The van der Waals surface area contributed by atoms with Crippen LogP contribution >= 0.6 is 0 Å². The second kappa shape index (κ2) is 15.9. The lowest BCUT2D eigenvalue weighted by Crippen LogP contribution is -1.85. The molecule has 0 spiro atoms. The standard InChI is InChI=1S/C4H10O2.C4H8/c5-3-1-2-4-6;1-3-4-2/h5-6H,1-4H2;3-4H,1-2H3. The summed E-state index contributed by atoms with van der Waals surface area (Å²) in [4.78, 5) is 0. The summed E-state index contributed by atoms with van der Waals surface area (Å²) < 4.78 is 0. The maximum atomic E-state index is 8.09. The van der Waals surface area contributed by atoms with Gasteiger partial charge in [-0.05, 0) is 26.7 Å². The highest BCUT2D eigenvalue weighted by molar-refractivity contribution is 4.68. The molecule has 0 aliphatic heterocycles. The molecular formula is C8H18O2. The molecule has 0 saturated carbocycles. The minimum atomic E-state index is 0.195. The molecule has 0 fully saturated rings. The van der Waals surface area contributed by atoms with Crippen LogP contribution in [0, 0.1) is 0 Å². The topological polar surface area (TPSA) is 40.5 Å². The van der Waals surface area contributed by atoms with Crippen LogP contribution < -0.4 is 0 Å². The minimum absolute atomic E-state index is 0.195. The smallest absolute Gasteiger partial charge is 0.0431 e. The van der Waals surface area contributed by atoms with E-state index in [1.165, 1.54) is 0 Å². The first-order valence-corrected chi connectivity index (χ1v) is 3.62. The van der Waals surface area contributed by atoms with Crippen molar-refractivity contribution in [2.24, 2.45) is 0 Å². The number of hydrogen-bond acceptors (Lipinski definition) is 2. The van der Waals surface area contributed by atoms with Gasteiger partial charge in [-0.3, -0.25) is 0 Å². The molecule has 0 bridgehead atoms. The zero-order valence-electron chi connectivity index (χ0n) is 6.88. The highest BCUT2D eigenvalue weighted by Gasteiger charge is 1.77. The number of allylic oxidation sites excluding steroid dienone is 2. The van der Waals surface area contributed by atoms with Gasteiger partial charge < -0.3 is 10.2 Å². The normalized spacial score (nSPS) is 9.20. The van der Waals surface area contributed by atoms with Crippen molar-refractivity contribution in [3.8, 4) is 0 Å². The predicted octanol–water partition coefficient (Wildman–Crippen LogP) is 1.33. The highest BCUT2D eigenvalue weighted by atomic mass is 16.3. The first-order valence-electron chi connectivity index (χ1n) is 3.62. The van der Waals surface area contributed by atoms with E-state index in [0.29, 0.717) is 0 Å². The summed E-state index contributed by atoms with van der Waals surface area (Å²) in [5.74, 6) is 0. The molecule has 0 aromatic heterocycles. The predicted molar refractivity (Wildman–Crippen MR) is 43.9 cm³/mol. The van der Waals surface area contributed by atoms with E-state index in [2.05, 4.69) is 0 Å². The van der Waals surface area contributed by atoms with Crippen molar-refractivity contribution in [1.82, 2.24) is 0 Å². The summed E-state index contributed by atoms with van der Waals surface area (Å²) >= 11 is 0. The summed E-state index contributed by atoms with van der Waals surface area (Å²) in [6, 6.07) is 0. The lowest BCUT2D eigenvalue weighted by Gasteiger charge is -1.85. The summed E-state index contributed by atoms with van der Waals surface area (Å²) in [6.45, 7) is 4.39. The highest BCUT2D eigenvalue weighted by Crippen LogP contribution is 1.80. The van der Waals surface area contributed by atoms with Gasteiger partial charge >= 0.3 is 0 Å². The van der Waals surface area contributed by atoms with Gasteiger partial charge in [0, 0.05) is 13.2 Å². The maximum Gasteiger partial charge on any atom is 0.0431 e. The average Bonchev–Trinajstić information content (AvgIpc) is 2.01. The van der Waals surface area contributed by atoms with Crippen molar-refractivity contribution in [2.75, 3.05) is 13.2 Å². The molecule has 0 radical (unpaired) electrons. The molecule has 0 heterocycles. The first kappa shape index (κ1) is 12.3. The molecule has 0 aliphatic carbocycles. The molecule has 0 atom stereocenters. The fourth-order valence-corrected chi connectivity index (χ4v) is 0.224. The largest absolute Gasteiger partial charge is 0.396 e. The van der Waals surface area contributed by atoms with E-state index in [9.17, 15) is 0 Å². The molecule has 62 valence electrons. The Hall–Kier alpha value is -0.340.